The molecule has 1 aromatic rings. The van der Waals surface area contributed by atoms with Gasteiger partial charge in [-0.25, -0.2) is 9.78 Å². The van der Waals surface area contributed by atoms with Crippen molar-refractivity contribution in [2.75, 3.05) is 19.8 Å². The second-order valence-corrected chi connectivity index (χ2v) is 4.05. The molecule has 1 aliphatic heterocycles. The predicted octanol–water partition coefficient (Wildman–Crippen LogP) is 1.82. The normalized spacial score (nSPS) is 18.6. The van der Waals surface area contributed by atoms with E-state index in [1.165, 1.54) is 6.20 Å². The summed E-state index contributed by atoms with van der Waals surface area (Å²) in [6.45, 7) is 3.44. The third-order valence-corrected chi connectivity index (χ3v) is 2.69. The van der Waals surface area contributed by atoms with Crippen LogP contribution < -0.4 is 4.74 Å². The van der Waals surface area contributed by atoms with Crippen molar-refractivity contribution in [2.45, 2.75) is 25.9 Å². The Morgan fingerprint density at radius 3 is 3.06 bits per heavy atom. The molecule has 0 N–H and O–H groups in total. The van der Waals surface area contributed by atoms with Gasteiger partial charge in [-0.3, -0.25) is 0 Å². The van der Waals surface area contributed by atoms with Gasteiger partial charge in [0.2, 0.25) is 5.88 Å². The average molecular weight is 251 g/mol. The van der Waals surface area contributed by atoms with E-state index in [0.29, 0.717) is 24.7 Å². The second kappa shape index (κ2) is 6.35. The number of carbonyl (C=O) groups is 1. The van der Waals surface area contributed by atoms with E-state index in [9.17, 15) is 4.79 Å². The summed E-state index contributed by atoms with van der Waals surface area (Å²) in [5.74, 6) is 0.134. The minimum Gasteiger partial charge on any atom is -0.475 e. The molecule has 0 amide bonds. The number of hydrogen-bond acceptors (Lipinski definition) is 5. The van der Waals surface area contributed by atoms with Crippen LogP contribution in [0.15, 0.2) is 18.3 Å². The Labute approximate surface area is 106 Å². The molecule has 1 aromatic heterocycles. The molecule has 5 heteroatoms. The first-order valence-corrected chi connectivity index (χ1v) is 6.17. The summed E-state index contributed by atoms with van der Waals surface area (Å²) in [4.78, 5) is 15.5. The van der Waals surface area contributed by atoms with Crippen LogP contribution in [0.1, 0.15) is 30.1 Å². The van der Waals surface area contributed by atoms with Gasteiger partial charge in [0, 0.05) is 18.9 Å². The van der Waals surface area contributed by atoms with Crippen molar-refractivity contribution in [1.82, 2.24) is 4.98 Å². The van der Waals surface area contributed by atoms with Gasteiger partial charge in [0.05, 0.1) is 18.3 Å². The van der Waals surface area contributed by atoms with E-state index in [-0.39, 0.29) is 12.1 Å². The highest BCUT2D eigenvalue weighted by molar-refractivity contribution is 5.89. The van der Waals surface area contributed by atoms with Crippen LogP contribution in [0.25, 0.3) is 0 Å². The number of aromatic nitrogens is 1. The minimum atomic E-state index is -0.365. The quantitative estimate of drug-likeness (QED) is 0.747. The molecule has 2 rings (SSSR count). The number of pyridine rings is 1. The summed E-state index contributed by atoms with van der Waals surface area (Å²) in [5.41, 5.74) is 0.432. The number of esters is 1. The molecule has 1 unspecified atom stereocenters. The molecule has 5 nitrogen and oxygen atoms in total. The maximum atomic E-state index is 11.4. The van der Waals surface area contributed by atoms with Crippen molar-refractivity contribution >= 4 is 5.97 Å². The third kappa shape index (κ3) is 3.43. The Kier molecular flexibility index (Phi) is 4.52. The highest BCUT2D eigenvalue weighted by Crippen LogP contribution is 2.14. The van der Waals surface area contributed by atoms with Crippen LogP contribution in [0.2, 0.25) is 0 Å². The fraction of sp³-hybridized carbons (Fsp3) is 0.538. The first-order chi connectivity index (χ1) is 8.79. The summed E-state index contributed by atoms with van der Waals surface area (Å²) in [6, 6.07) is 3.32. The Morgan fingerprint density at radius 1 is 1.56 bits per heavy atom. The molecule has 0 bridgehead atoms. The van der Waals surface area contributed by atoms with E-state index in [0.717, 1.165) is 19.4 Å². The molecule has 1 fully saturated rings. The molecule has 1 saturated heterocycles. The summed E-state index contributed by atoms with van der Waals surface area (Å²) < 4.78 is 15.8. The lowest BCUT2D eigenvalue weighted by molar-refractivity contribution is 0.0524. The Balaban J connectivity index is 1.85. The number of nitrogens with zero attached hydrogens (tertiary/aromatic N) is 1. The lowest BCUT2D eigenvalue weighted by Gasteiger charge is -2.10. The van der Waals surface area contributed by atoms with Crippen molar-refractivity contribution in [3.8, 4) is 5.88 Å². The molecular weight excluding hydrogens is 234 g/mol. The van der Waals surface area contributed by atoms with Gasteiger partial charge >= 0.3 is 5.97 Å². The van der Waals surface area contributed by atoms with Crippen molar-refractivity contribution in [3.63, 3.8) is 0 Å². The van der Waals surface area contributed by atoms with E-state index in [1.54, 1.807) is 19.1 Å². The van der Waals surface area contributed by atoms with Gasteiger partial charge in [-0.05, 0) is 25.8 Å². The zero-order chi connectivity index (χ0) is 12.8. The fourth-order valence-electron chi connectivity index (χ4n) is 1.75. The number of rotatable bonds is 5. The van der Waals surface area contributed by atoms with Crippen LogP contribution >= 0.6 is 0 Å². The van der Waals surface area contributed by atoms with Gasteiger partial charge in [-0.1, -0.05) is 0 Å². The Hall–Kier alpha value is -1.62. The molecule has 2 heterocycles. The summed E-state index contributed by atoms with van der Waals surface area (Å²) in [7, 11) is 0. The standard InChI is InChI=1S/C13H17NO4/c1-2-16-13(15)10-5-6-12(14-8-10)18-9-11-4-3-7-17-11/h5-6,8,11H,2-4,7,9H2,1H3. The minimum absolute atomic E-state index is 0.163. The third-order valence-electron chi connectivity index (χ3n) is 2.69. The Bertz CT molecular complexity index is 384. The van der Waals surface area contributed by atoms with Crippen molar-refractivity contribution in [3.05, 3.63) is 23.9 Å². The average Bonchev–Trinajstić information content (AvgIpc) is 2.90. The lowest BCUT2D eigenvalue weighted by Crippen LogP contribution is -2.16. The lowest BCUT2D eigenvalue weighted by atomic mass is 10.2. The molecule has 0 spiro atoms. The first-order valence-electron chi connectivity index (χ1n) is 6.17. The number of ether oxygens (including phenoxy) is 3. The van der Waals surface area contributed by atoms with Crippen LogP contribution in [0.3, 0.4) is 0 Å². The monoisotopic (exact) mass is 251 g/mol. The summed E-state index contributed by atoms with van der Waals surface area (Å²) in [5, 5.41) is 0. The molecule has 1 aliphatic rings. The molecule has 0 radical (unpaired) electrons. The van der Waals surface area contributed by atoms with E-state index >= 15 is 0 Å². The highest BCUT2D eigenvalue weighted by atomic mass is 16.5. The first kappa shape index (κ1) is 12.8. The molecule has 0 saturated carbocycles. The van der Waals surface area contributed by atoms with Crippen molar-refractivity contribution in [2.24, 2.45) is 0 Å². The zero-order valence-electron chi connectivity index (χ0n) is 10.4. The van der Waals surface area contributed by atoms with E-state index in [2.05, 4.69) is 4.98 Å². The van der Waals surface area contributed by atoms with E-state index in [4.69, 9.17) is 14.2 Å². The smallest absolute Gasteiger partial charge is 0.339 e. The van der Waals surface area contributed by atoms with Crippen LogP contribution in [-0.2, 0) is 9.47 Å². The number of carbonyl (C=O) groups excluding carboxylic acids is 1. The molecule has 98 valence electrons. The fourth-order valence-corrected chi connectivity index (χ4v) is 1.75. The van der Waals surface area contributed by atoms with Gasteiger partial charge in [-0.2, -0.15) is 0 Å². The van der Waals surface area contributed by atoms with Gasteiger partial charge in [0.1, 0.15) is 6.61 Å². The highest BCUT2D eigenvalue weighted by Gasteiger charge is 2.16. The molecular formula is C13H17NO4. The van der Waals surface area contributed by atoms with Crippen LogP contribution in [0.5, 0.6) is 5.88 Å². The summed E-state index contributed by atoms with van der Waals surface area (Å²) in [6.07, 6.45) is 3.74. The summed E-state index contributed by atoms with van der Waals surface area (Å²) >= 11 is 0. The van der Waals surface area contributed by atoms with Crippen molar-refractivity contribution in [1.29, 1.82) is 0 Å². The van der Waals surface area contributed by atoms with E-state index < -0.39 is 0 Å². The topological polar surface area (TPSA) is 57.7 Å². The van der Waals surface area contributed by atoms with Gasteiger partial charge in [0.15, 0.2) is 0 Å². The van der Waals surface area contributed by atoms with Gasteiger partial charge in [0.25, 0.3) is 0 Å². The molecule has 18 heavy (non-hydrogen) atoms. The maximum Gasteiger partial charge on any atom is 0.339 e. The molecule has 1 atom stereocenters. The molecule has 0 aliphatic carbocycles. The van der Waals surface area contributed by atoms with E-state index in [1.807, 2.05) is 0 Å². The van der Waals surface area contributed by atoms with Crippen LogP contribution in [0.4, 0.5) is 0 Å². The van der Waals surface area contributed by atoms with Crippen molar-refractivity contribution < 1.29 is 19.0 Å². The number of hydrogen-bond donors (Lipinski definition) is 0. The molecule has 0 aromatic carbocycles. The largest absolute Gasteiger partial charge is 0.475 e. The maximum absolute atomic E-state index is 11.4. The van der Waals surface area contributed by atoms with Crippen LogP contribution in [-0.4, -0.2) is 36.9 Å². The second-order valence-electron chi connectivity index (χ2n) is 4.05. The predicted molar refractivity (Wildman–Crippen MR) is 64.7 cm³/mol. The van der Waals surface area contributed by atoms with Gasteiger partial charge < -0.3 is 14.2 Å². The SMILES string of the molecule is CCOC(=O)c1ccc(OCC2CCCO2)nc1. The Morgan fingerprint density at radius 2 is 2.44 bits per heavy atom. The van der Waals surface area contributed by atoms with Gasteiger partial charge in [-0.15, -0.1) is 0 Å². The zero-order valence-corrected chi connectivity index (χ0v) is 10.4. The van der Waals surface area contributed by atoms with Crippen LogP contribution in [0, 0.1) is 0 Å².